The first-order chi connectivity index (χ1) is 7.42. The van der Waals surface area contributed by atoms with Crippen molar-refractivity contribution in [1.29, 1.82) is 0 Å². The van der Waals surface area contributed by atoms with Crippen LogP contribution in [0.15, 0.2) is 0 Å². The number of carbonyl (C=O) groups is 1. The van der Waals surface area contributed by atoms with Gasteiger partial charge in [0, 0.05) is 5.41 Å². The predicted molar refractivity (Wildman–Crippen MR) is 63.4 cm³/mol. The summed E-state index contributed by atoms with van der Waals surface area (Å²) in [5.74, 6) is -0.208. The number of aliphatic hydroxyl groups is 1. The number of rotatable bonds is 3. The second-order valence-electron chi connectivity index (χ2n) is 4.98. The lowest BCUT2D eigenvalue weighted by Crippen LogP contribution is -2.50. The van der Waals surface area contributed by atoms with Gasteiger partial charge in [-0.05, 0) is 25.7 Å². The smallest absolute Gasteiger partial charge is 0.321 e. The van der Waals surface area contributed by atoms with E-state index in [1.165, 1.54) is 0 Å². The summed E-state index contributed by atoms with van der Waals surface area (Å²) in [7, 11) is 0. The van der Waals surface area contributed by atoms with Gasteiger partial charge in [0.15, 0.2) is 0 Å². The van der Waals surface area contributed by atoms with Gasteiger partial charge in [0.2, 0.25) is 0 Å². The molecule has 3 nitrogen and oxygen atoms in total. The first-order valence-corrected chi connectivity index (χ1v) is 6.39. The largest absolute Gasteiger partial charge is 0.461 e. The highest BCUT2D eigenvalue weighted by Crippen LogP contribution is 2.44. The van der Waals surface area contributed by atoms with Crippen LogP contribution in [0.1, 0.15) is 40.0 Å². The lowest BCUT2D eigenvalue weighted by atomic mass is 9.63. The van der Waals surface area contributed by atoms with Gasteiger partial charge in [-0.2, -0.15) is 0 Å². The zero-order valence-electron chi connectivity index (χ0n) is 10.2. The molecule has 1 unspecified atom stereocenters. The molecule has 0 saturated heterocycles. The Hall–Kier alpha value is -0.280. The van der Waals surface area contributed by atoms with E-state index >= 15 is 0 Å². The van der Waals surface area contributed by atoms with Crippen LogP contribution >= 0.6 is 11.6 Å². The fourth-order valence-corrected chi connectivity index (χ4v) is 2.66. The highest BCUT2D eigenvalue weighted by atomic mass is 35.5. The van der Waals surface area contributed by atoms with Gasteiger partial charge in [0.1, 0.15) is 12.0 Å². The summed E-state index contributed by atoms with van der Waals surface area (Å²) in [5.41, 5.74) is -0.361. The summed E-state index contributed by atoms with van der Waals surface area (Å²) in [6.45, 7) is 5.94. The Kier molecular flexibility index (Phi) is 4.62. The Morgan fingerprint density at radius 1 is 1.62 bits per heavy atom. The molecular weight excluding hydrogens is 228 g/mol. The first-order valence-electron chi connectivity index (χ1n) is 5.86. The zero-order valence-corrected chi connectivity index (χ0v) is 11.0. The predicted octanol–water partition coefficient (Wildman–Crippen LogP) is 2.34. The van der Waals surface area contributed by atoms with E-state index in [9.17, 15) is 9.90 Å². The van der Waals surface area contributed by atoms with Crippen molar-refractivity contribution < 1.29 is 14.6 Å². The van der Waals surface area contributed by atoms with Gasteiger partial charge in [0.05, 0.1) is 6.10 Å². The topological polar surface area (TPSA) is 46.5 Å². The number of ether oxygens (including phenoxy) is 1. The van der Waals surface area contributed by atoms with Crippen molar-refractivity contribution in [3.8, 4) is 0 Å². The minimum absolute atomic E-state index is 0.134. The van der Waals surface area contributed by atoms with Gasteiger partial charge in [0.25, 0.3) is 0 Å². The first kappa shape index (κ1) is 13.8. The number of alkyl halides is 1. The highest BCUT2D eigenvalue weighted by molar-refractivity contribution is 6.26. The zero-order chi connectivity index (χ0) is 12.3. The molecule has 16 heavy (non-hydrogen) atoms. The standard InChI is InChI=1S/C12H21ClO3/c1-8-5-4-6-10(14)12(8,3)9(2)16-11(15)7-13/h8-10,14H,4-7H2,1-3H3/t8?,9-,10+,12+/m1/s1. The van der Waals surface area contributed by atoms with E-state index in [4.69, 9.17) is 16.3 Å². The second-order valence-corrected chi connectivity index (χ2v) is 5.25. The molecular formula is C12H21ClO3. The van der Waals surface area contributed by atoms with Crippen LogP contribution in [-0.2, 0) is 9.53 Å². The molecule has 0 aromatic heterocycles. The maximum atomic E-state index is 11.2. The number of esters is 1. The maximum absolute atomic E-state index is 11.2. The minimum Gasteiger partial charge on any atom is -0.461 e. The van der Waals surface area contributed by atoms with E-state index in [1.807, 2.05) is 13.8 Å². The van der Waals surface area contributed by atoms with E-state index in [0.717, 1.165) is 19.3 Å². The quantitative estimate of drug-likeness (QED) is 0.616. The summed E-state index contributed by atoms with van der Waals surface area (Å²) in [5, 5.41) is 10.1. The molecule has 1 aliphatic carbocycles. The summed E-state index contributed by atoms with van der Waals surface area (Å²) in [6.07, 6.45) is 2.17. The summed E-state index contributed by atoms with van der Waals surface area (Å²) in [6, 6.07) is 0. The van der Waals surface area contributed by atoms with Crippen molar-refractivity contribution in [1.82, 2.24) is 0 Å². The Labute approximate surface area is 102 Å². The molecule has 1 aliphatic rings. The molecule has 0 radical (unpaired) electrons. The van der Waals surface area contributed by atoms with E-state index in [-0.39, 0.29) is 17.4 Å². The lowest BCUT2D eigenvalue weighted by Gasteiger charge is -2.46. The SMILES string of the molecule is CC1CCC[C@H](O)[C@]1(C)[C@@H](C)OC(=O)CCl. The second kappa shape index (κ2) is 5.37. The van der Waals surface area contributed by atoms with Crippen molar-refractivity contribution in [3.63, 3.8) is 0 Å². The van der Waals surface area contributed by atoms with Gasteiger partial charge in [-0.1, -0.05) is 20.3 Å². The van der Waals surface area contributed by atoms with Crippen molar-refractivity contribution >= 4 is 17.6 Å². The van der Waals surface area contributed by atoms with Crippen LogP contribution in [0.4, 0.5) is 0 Å². The van der Waals surface area contributed by atoms with Crippen LogP contribution in [0, 0.1) is 11.3 Å². The van der Waals surface area contributed by atoms with Crippen LogP contribution in [-0.4, -0.2) is 29.2 Å². The third-order valence-electron chi connectivity index (χ3n) is 4.19. The van der Waals surface area contributed by atoms with Gasteiger partial charge < -0.3 is 9.84 Å². The van der Waals surface area contributed by atoms with E-state index in [2.05, 4.69) is 6.92 Å². The average Bonchev–Trinajstić information content (AvgIpc) is 2.25. The highest BCUT2D eigenvalue weighted by Gasteiger charge is 2.46. The maximum Gasteiger partial charge on any atom is 0.321 e. The molecule has 0 aliphatic heterocycles. The molecule has 1 rings (SSSR count). The van der Waals surface area contributed by atoms with Crippen molar-refractivity contribution in [3.05, 3.63) is 0 Å². The van der Waals surface area contributed by atoms with Gasteiger partial charge in [-0.15, -0.1) is 11.6 Å². The molecule has 0 spiro atoms. The summed E-state index contributed by atoms with van der Waals surface area (Å²) in [4.78, 5) is 11.2. The van der Waals surface area contributed by atoms with Crippen LogP contribution < -0.4 is 0 Å². The Bertz CT molecular complexity index is 245. The fraction of sp³-hybridized carbons (Fsp3) is 0.917. The van der Waals surface area contributed by atoms with Crippen molar-refractivity contribution in [2.45, 2.75) is 52.2 Å². The normalized spacial score (nSPS) is 36.8. The average molecular weight is 249 g/mol. The molecule has 0 bridgehead atoms. The fourth-order valence-electron chi connectivity index (χ4n) is 2.60. The monoisotopic (exact) mass is 248 g/mol. The number of aliphatic hydroxyl groups excluding tert-OH is 1. The molecule has 0 aromatic rings. The van der Waals surface area contributed by atoms with Crippen LogP contribution in [0.3, 0.4) is 0 Å². The molecule has 1 fully saturated rings. The van der Waals surface area contributed by atoms with Crippen molar-refractivity contribution in [2.75, 3.05) is 5.88 Å². The van der Waals surface area contributed by atoms with Gasteiger partial charge in [-0.3, -0.25) is 4.79 Å². The molecule has 1 N–H and O–H groups in total. The molecule has 4 heteroatoms. The van der Waals surface area contributed by atoms with Crippen LogP contribution in [0.25, 0.3) is 0 Å². The summed E-state index contributed by atoms with van der Waals surface area (Å²) >= 11 is 5.42. The van der Waals surface area contributed by atoms with E-state index < -0.39 is 12.1 Å². The number of halogens is 1. The molecule has 0 aromatic carbocycles. The number of hydrogen-bond acceptors (Lipinski definition) is 3. The van der Waals surface area contributed by atoms with E-state index in [1.54, 1.807) is 0 Å². The van der Waals surface area contributed by atoms with Crippen LogP contribution in [0.5, 0.6) is 0 Å². The lowest BCUT2D eigenvalue weighted by molar-refractivity contribution is -0.166. The Balaban J connectivity index is 2.76. The third kappa shape index (κ3) is 2.51. The molecule has 0 heterocycles. The number of hydrogen-bond donors (Lipinski definition) is 1. The Morgan fingerprint density at radius 3 is 2.75 bits per heavy atom. The van der Waals surface area contributed by atoms with Gasteiger partial charge >= 0.3 is 5.97 Å². The van der Waals surface area contributed by atoms with Crippen molar-refractivity contribution in [2.24, 2.45) is 11.3 Å². The summed E-state index contributed by atoms with van der Waals surface area (Å²) < 4.78 is 5.25. The number of carbonyl (C=O) groups excluding carboxylic acids is 1. The molecule has 4 atom stereocenters. The Morgan fingerprint density at radius 2 is 2.25 bits per heavy atom. The van der Waals surface area contributed by atoms with Crippen LogP contribution in [0.2, 0.25) is 0 Å². The minimum atomic E-state index is -0.416. The molecule has 94 valence electrons. The molecule has 0 amide bonds. The molecule has 1 saturated carbocycles. The van der Waals surface area contributed by atoms with Gasteiger partial charge in [-0.25, -0.2) is 0 Å². The van der Waals surface area contributed by atoms with E-state index in [0.29, 0.717) is 5.92 Å². The third-order valence-corrected chi connectivity index (χ3v) is 4.41.